The fourth-order valence-corrected chi connectivity index (χ4v) is 9.58. The maximum absolute atomic E-state index is 12.7. The zero-order chi connectivity index (χ0) is 23.2. The van der Waals surface area contributed by atoms with Crippen LogP contribution < -0.4 is 4.72 Å². The van der Waals surface area contributed by atoms with Crippen LogP contribution in [0.4, 0.5) is 0 Å². The summed E-state index contributed by atoms with van der Waals surface area (Å²) in [4.78, 5) is 6.75. The Labute approximate surface area is 206 Å². The van der Waals surface area contributed by atoms with Crippen LogP contribution in [0.5, 0.6) is 0 Å². The second-order valence-electron chi connectivity index (χ2n) is 10.0. The van der Waals surface area contributed by atoms with Gasteiger partial charge in [0, 0.05) is 46.2 Å². The van der Waals surface area contributed by atoms with Gasteiger partial charge in [0.05, 0.1) is 12.2 Å². The van der Waals surface area contributed by atoms with Gasteiger partial charge >= 0.3 is 0 Å². The van der Waals surface area contributed by atoms with Crippen molar-refractivity contribution in [3.8, 4) is 0 Å². The van der Waals surface area contributed by atoms with E-state index in [2.05, 4.69) is 36.5 Å². The van der Waals surface area contributed by atoms with E-state index in [1.807, 2.05) is 17.4 Å². The number of ether oxygens (including phenoxy) is 1. The lowest BCUT2D eigenvalue weighted by Gasteiger charge is -2.49. The number of aryl methyl sites for hydroxylation is 2. The highest BCUT2D eigenvalue weighted by Gasteiger charge is 2.45. The minimum atomic E-state index is -3.38. The lowest BCUT2D eigenvalue weighted by Crippen LogP contribution is -2.54. The molecule has 2 aromatic rings. The second-order valence-corrected chi connectivity index (χ2v) is 14.4. The summed E-state index contributed by atoms with van der Waals surface area (Å²) in [5.74, 6) is 0.569. The third-order valence-electron chi connectivity index (χ3n) is 7.76. The maximum atomic E-state index is 12.7. The van der Waals surface area contributed by atoms with Crippen LogP contribution in [0.3, 0.4) is 0 Å². The van der Waals surface area contributed by atoms with Gasteiger partial charge in [0.1, 0.15) is 4.21 Å². The minimum Gasteiger partial charge on any atom is -0.370 e. The Morgan fingerprint density at radius 3 is 2.67 bits per heavy atom. The second kappa shape index (κ2) is 9.36. The van der Waals surface area contributed by atoms with Crippen LogP contribution >= 0.6 is 22.7 Å². The Kier molecular flexibility index (Phi) is 6.79. The average Bonchev–Trinajstić information content (AvgIpc) is 3.42. The van der Waals surface area contributed by atoms with Crippen molar-refractivity contribution in [2.24, 2.45) is 5.92 Å². The molecule has 5 nitrogen and oxygen atoms in total. The van der Waals surface area contributed by atoms with Crippen molar-refractivity contribution in [2.75, 3.05) is 19.7 Å². The highest BCUT2D eigenvalue weighted by molar-refractivity contribution is 7.91. The van der Waals surface area contributed by atoms with Crippen LogP contribution in [-0.2, 0) is 39.6 Å². The molecule has 2 aromatic heterocycles. The molecular weight excluding hydrogens is 472 g/mol. The third kappa shape index (κ3) is 4.71. The van der Waals surface area contributed by atoms with Crippen molar-refractivity contribution in [2.45, 2.75) is 87.6 Å². The molecule has 1 aliphatic carbocycles. The minimum absolute atomic E-state index is 0.0705. The number of hydrogen-bond donors (Lipinski definition) is 1. The average molecular weight is 509 g/mol. The number of piperidine rings is 1. The summed E-state index contributed by atoms with van der Waals surface area (Å²) in [6.45, 7) is 9.60. The number of thiophene rings is 2. The molecular formula is C25H36N2O3S3. The largest absolute Gasteiger partial charge is 0.370 e. The highest BCUT2D eigenvalue weighted by Crippen LogP contribution is 2.46. The molecule has 8 heteroatoms. The fourth-order valence-electron chi connectivity index (χ4n) is 5.83. The maximum Gasteiger partial charge on any atom is 0.250 e. The van der Waals surface area contributed by atoms with Gasteiger partial charge in [0.15, 0.2) is 0 Å². The van der Waals surface area contributed by atoms with Crippen molar-refractivity contribution in [3.05, 3.63) is 38.4 Å². The van der Waals surface area contributed by atoms with E-state index in [1.54, 1.807) is 10.9 Å². The summed E-state index contributed by atoms with van der Waals surface area (Å²) >= 11 is 3.37. The first-order valence-corrected chi connectivity index (χ1v) is 15.5. The molecule has 0 aromatic carbocycles. The Bertz CT molecular complexity index is 1090. The molecule has 0 amide bonds. The molecule has 2 atom stereocenters. The van der Waals surface area contributed by atoms with Crippen molar-refractivity contribution < 1.29 is 13.2 Å². The van der Waals surface area contributed by atoms with Gasteiger partial charge in [-0.3, -0.25) is 0 Å². The van der Waals surface area contributed by atoms with Crippen LogP contribution in [0.25, 0.3) is 0 Å². The van der Waals surface area contributed by atoms with E-state index < -0.39 is 10.0 Å². The highest BCUT2D eigenvalue weighted by atomic mass is 32.2. The molecule has 1 N–H and O–H groups in total. The van der Waals surface area contributed by atoms with E-state index in [0.717, 1.165) is 69.5 Å². The van der Waals surface area contributed by atoms with E-state index in [-0.39, 0.29) is 11.6 Å². The van der Waals surface area contributed by atoms with Crippen molar-refractivity contribution >= 4 is 32.7 Å². The normalized spacial score (nSPS) is 30.3. The van der Waals surface area contributed by atoms with E-state index in [0.29, 0.717) is 16.2 Å². The lowest BCUT2D eigenvalue weighted by atomic mass is 9.77. The summed E-state index contributed by atoms with van der Waals surface area (Å²) in [6, 6.07) is 6.63. The number of nitrogens with zero attached hydrogens (tertiary/aromatic N) is 1. The zero-order valence-electron chi connectivity index (χ0n) is 19.9. The molecule has 4 heterocycles. The van der Waals surface area contributed by atoms with Gasteiger partial charge in [0.2, 0.25) is 10.0 Å². The van der Waals surface area contributed by atoms with Gasteiger partial charge in [0.25, 0.3) is 0 Å². The lowest BCUT2D eigenvalue weighted by molar-refractivity contribution is -0.114. The monoisotopic (exact) mass is 508 g/mol. The molecule has 0 bridgehead atoms. The summed E-state index contributed by atoms with van der Waals surface area (Å²) in [5.41, 5.74) is 1.38. The number of hydrogen-bond acceptors (Lipinski definition) is 6. The predicted molar refractivity (Wildman–Crippen MR) is 136 cm³/mol. The Hall–Kier alpha value is -0.770. The van der Waals surface area contributed by atoms with E-state index in [1.165, 1.54) is 21.8 Å². The molecule has 5 rings (SSSR count). The topological polar surface area (TPSA) is 58.6 Å². The summed E-state index contributed by atoms with van der Waals surface area (Å²) < 4.78 is 35.2. The van der Waals surface area contributed by atoms with Crippen LogP contribution in [0.15, 0.2) is 22.4 Å². The van der Waals surface area contributed by atoms with Crippen LogP contribution in [0.1, 0.15) is 66.6 Å². The fraction of sp³-hybridized carbons (Fsp3) is 0.680. The number of rotatable bonds is 7. The number of likely N-dealkylation sites (tertiary alicyclic amines) is 1. The van der Waals surface area contributed by atoms with Crippen molar-refractivity contribution in [1.29, 1.82) is 0 Å². The van der Waals surface area contributed by atoms with Gasteiger partial charge in [-0.25, -0.2) is 13.1 Å². The van der Waals surface area contributed by atoms with Gasteiger partial charge < -0.3 is 9.64 Å². The molecule has 1 spiro atoms. The van der Waals surface area contributed by atoms with E-state index in [4.69, 9.17) is 4.74 Å². The molecule has 182 valence electrons. The molecule has 2 fully saturated rings. The number of sulfonamides is 1. The molecule has 0 radical (unpaired) electrons. The molecule has 0 unspecified atom stereocenters. The predicted octanol–water partition coefficient (Wildman–Crippen LogP) is 4.94. The summed E-state index contributed by atoms with van der Waals surface area (Å²) in [7, 11) is -3.38. The quantitative estimate of drug-likeness (QED) is 0.575. The molecule has 33 heavy (non-hydrogen) atoms. The van der Waals surface area contributed by atoms with Crippen molar-refractivity contribution in [1.82, 2.24) is 9.62 Å². The first-order chi connectivity index (χ1) is 15.8. The first-order valence-electron chi connectivity index (χ1n) is 12.4. The van der Waals surface area contributed by atoms with E-state index >= 15 is 0 Å². The Morgan fingerprint density at radius 1 is 1.18 bits per heavy atom. The van der Waals surface area contributed by atoms with Gasteiger partial charge in [-0.2, -0.15) is 0 Å². The number of fused-ring (bicyclic) bond motifs is 2. The van der Waals surface area contributed by atoms with Gasteiger partial charge in [-0.15, -0.1) is 22.7 Å². The SMILES string of the molecule is CCc1ccc(S(=O)(=O)NC2CC(CN3CC[C@]4(C[C@@H]3C)OCCc3sc(CC)cc34)C2)s1. The zero-order valence-corrected chi connectivity index (χ0v) is 22.4. The third-order valence-corrected chi connectivity index (χ3v) is 12.3. The van der Waals surface area contributed by atoms with Gasteiger partial charge in [-0.05, 0) is 75.1 Å². The molecule has 1 saturated heterocycles. The van der Waals surface area contributed by atoms with Crippen LogP contribution in [-0.4, -0.2) is 45.1 Å². The van der Waals surface area contributed by atoms with E-state index in [9.17, 15) is 8.42 Å². The standard InChI is InChI=1S/C25H36N2O3S3/c1-4-20-6-7-24(32-20)33(28,29)26-19-12-18(13-19)16-27-10-9-25(15-17(27)3)22-14-21(5-2)31-23(22)8-11-30-25/h6-7,14,17-19,26H,4-5,8-13,15-16H2,1-3H3/t17-,18?,19?,25+/m0/s1. The molecule has 2 aliphatic heterocycles. The molecule has 3 aliphatic rings. The van der Waals surface area contributed by atoms with Crippen LogP contribution in [0.2, 0.25) is 0 Å². The summed E-state index contributed by atoms with van der Waals surface area (Å²) in [6.07, 6.45) is 7.03. The smallest absolute Gasteiger partial charge is 0.250 e. The summed E-state index contributed by atoms with van der Waals surface area (Å²) in [5, 5.41) is 0. The first kappa shape index (κ1) is 23.9. The Morgan fingerprint density at radius 2 is 1.97 bits per heavy atom. The van der Waals surface area contributed by atoms with Crippen LogP contribution in [0, 0.1) is 5.92 Å². The van der Waals surface area contributed by atoms with Gasteiger partial charge in [-0.1, -0.05) is 13.8 Å². The molecule has 1 saturated carbocycles. The Balaban J connectivity index is 1.15. The van der Waals surface area contributed by atoms with Crippen molar-refractivity contribution in [3.63, 3.8) is 0 Å². The number of nitrogens with one attached hydrogen (secondary N) is 1.